The first-order valence-electron chi connectivity index (χ1n) is 3.81. The highest BCUT2D eigenvalue weighted by Gasteiger charge is 2.23. The number of nitrogens with two attached hydrogens (primary N) is 1. The van der Waals surface area contributed by atoms with Crippen molar-refractivity contribution in [3.8, 4) is 0 Å². The van der Waals surface area contributed by atoms with Crippen molar-refractivity contribution in [1.82, 2.24) is 0 Å². The Morgan fingerprint density at radius 2 is 1.64 bits per heavy atom. The number of halogens is 3. The molecule has 5 heteroatoms. The lowest BCUT2D eigenvalue weighted by Crippen LogP contribution is -2.10. The van der Waals surface area contributed by atoms with E-state index >= 15 is 0 Å². The van der Waals surface area contributed by atoms with Gasteiger partial charge in [-0.2, -0.15) is 0 Å². The summed E-state index contributed by atoms with van der Waals surface area (Å²) in [7, 11) is 0. The van der Waals surface area contributed by atoms with E-state index in [1.165, 1.54) is 6.92 Å². The number of nitrogen functional groups attached to an aromatic ring is 1. The van der Waals surface area contributed by atoms with Crippen molar-refractivity contribution in [2.45, 2.75) is 13.8 Å². The van der Waals surface area contributed by atoms with Crippen LogP contribution in [0, 0.1) is 24.4 Å². The van der Waals surface area contributed by atoms with Crippen molar-refractivity contribution in [3.63, 3.8) is 0 Å². The second-order valence-corrected chi connectivity index (χ2v) is 2.91. The molecule has 0 saturated carbocycles. The van der Waals surface area contributed by atoms with E-state index in [0.717, 1.165) is 6.92 Å². The minimum Gasteiger partial charge on any atom is -0.396 e. The maximum Gasteiger partial charge on any atom is 0.182 e. The first-order valence-corrected chi connectivity index (χ1v) is 3.81. The molecule has 0 aliphatic heterocycles. The molecule has 14 heavy (non-hydrogen) atoms. The summed E-state index contributed by atoms with van der Waals surface area (Å²) in [5.41, 5.74) is 3.34. The summed E-state index contributed by atoms with van der Waals surface area (Å²) in [6.45, 7) is 2.14. The molecule has 0 spiro atoms. The molecule has 0 bridgehead atoms. The van der Waals surface area contributed by atoms with Gasteiger partial charge in [-0.1, -0.05) is 0 Å². The van der Waals surface area contributed by atoms with E-state index < -0.39 is 34.5 Å². The summed E-state index contributed by atoms with van der Waals surface area (Å²) in [6.07, 6.45) is 0. The van der Waals surface area contributed by atoms with Gasteiger partial charge in [0.25, 0.3) is 0 Å². The van der Waals surface area contributed by atoms with Crippen molar-refractivity contribution in [2.75, 3.05) is 5.73 Å². The van der Waals surface area contributed by atoms with E-state index in [4.69, 9.17) is 5.73 Å². The van der Waals surface area contributed by atoms with Crippen LogP contribution in [0.2, 0.25) is 0 Å². The van der Waals surface area contributed by atoms with Crippen molar-refractivity contribution in [1.29, 1.82) is 0 Å². The molecule has 1 rings (SSSR count). The van der Waals surface area contributed by atoms with Crippen LogP contribution >= 0.6 is 0 Å². The fourth-order valence-corrected chi connectivity index (χ4v) is 1.10. The smallest absolute Gasteiger partial charge is 0.182 e. The van der Waals surface area contributed by atoms with Crippen LogP contribution in [-0.2, 0) is 0 Å². The number of hydrogen-bond donors (Lipinski definition) is 1. The van der Waals surface area contributed by atoms with Crippen LogP contribution in [0.25, 0.3) is 0 Å². The van der Waals surface area contributed by atoms with E-state index in [1.54, 1.807) is 0 Å². The molecule has 0 radical (unpaired) electrons. The average Bonchev–Trinajstić information content (AvgIpc) is 2.11. The number of rotatable bonds is 1. The topological polar surface area (TPSA) is 43.1 Å². The minimum absolute atomic E-state index is 0.255. The quantitative estimate of drug-likeness (QED) is 0.432. The molecule has 76 valence electrons. The largest absolute Gasteiger partial charge is 0.396 e. The normalized spacial score (nSPS) is 10.4. The number of Topliss-reactive ketones (excluding diaryl/α,β-unsaturated/α-hetero) is 1. The molecule has 0 aromatic heterocycles. The van der Waals surface area contributed by atoms with Crippen LogP contribution in [0.15, 0.2) is 0 Å². The van der Waals surface area contributed by atoms with E-state index in [0.29, 0.717) is 0 Å². The SMILES string of the molecule is CC(=O)c1c(F)c(C)c(N)c(F)c1F. The Morgan fingerprint density at radius 1 is 1.14 bits per heavy atom. The molecule has 0 aliphatic rings. The summed E-state index contributed by atoms with van der Waals surface area (Å²) in [5.74, 6) is -4.89. The van der Waals surface area contributed by atoms with E-state index in [2.05, 4.69) is 0 Å². The van der Waals surface area contributed by atoms with Crippen LogP contribution in [0.1, 0.15) is 22.8 Å². The number of carbonyl (C=O) groups excluding carboxylic acids is 1. The van der Waals surface area contributed by atoms with Crippen LogP contribution in [-0.4, -0.2) is 5.78 Å². The molecule has 0 heterocycles. The highest BCUT2D eigenvalue weighted by atomic mass is 19.2. The predicted molar refractivity (Wildman–Crippen MR) is 45.5 cm³/mol. The first-order chi connectivity index (χ1) is 6.37. The number of anilines is 1. The van der Waals surface area contributed by atoms with Gasteiger partial charge < -0.3 is 5.73 Å². The summed E-state index contributed by atoms with van der Waals surface area (Å²) in [5, 5.41) is 0. The third-order valence-electron chi connectivity index (χ3n) is 1.95. The molecule has 0 unspecified atom stereocenters. The molecule has 2 nitrogen and oxygen atoms in total. The van der Waals surface area contributed by atoms with Crippen molar-refractivity contribution in [3.05, 3.63) is 28.6 Å². The Kier molecular flexibility index (Phi) is 2.51. The lowest BCUT2D eigenvalue weighted by Gasteiger charge is -2.08. The fourth-order valence-electron chi connectivity index (χ4n) is 1.10. The lowest BCUT2D eigenvalue weighted by molar-refractivity contribution is 0.100. The molecule has 0 fully saturated rings. The Hall–Kier alpha value is -1.52. The highest BCUT2D eigenvalue weighted by Crippen LogP contribution is 2.26. The third-order valence-corrected chi connectivity index (χ3v) is 1.95. The van der Waals surface area contributed by atoms with Crippen LogP contribution in [0.4, 0.5) is 18.9 Å². The molecule has 0 atom stereocenters. The van der Waals surface area contributed by atoms with Crippen LogP contribution in [0.3, 0.4) is 0 Å². The van der Waals surface area contributed by atoms with Gasteiger partial charge in [-0.15, -0.1) is 0 Å². The van der Waals surface area contributed by atoms with Gasteiger partial charge in [-0.25, -0.2) is 13.2 Å². The fraction of sp³-hybridized carbons (Fsp3) is 0.222. The maximum absolute atomic E-state index is 13.2. The molecule has 0 saturated heterocycles. The third kappa shape index (κ3) is 1.34. The van der Waals surface area contributed by atoms with Crippen molar-refractivity contribution < 1.29 is 18.0 Å². The highest BCUT2D eigenvalue weighted by molar-refractivity contribution is 5.95. The lowest BCUT2D eigenvalue weighted by atomic mass is 10.0. The Labute approximate surface area is 78.5 Å². The number of carbonyl (C=O) groups is 1. The molecule has 1 aromatic rings. The second kappa shape index (κ2) is 3.32. The average molecular weight is 203 g/mol. The van der Waals surface area contributed by atoms with Gasteiger partial charge in [0.15, 0.2) is 17.4 Å². The molecule has 2 N–H and O–H groups in total. The van der Waals surface area contributed by atoms with Crippen LogP contribution < -0.4 is 5.73 Å². The van der Waals surface area contributed by atoms with Gasteiger partial charge in [-0.05, 0) is 13.8 Å². The molecular weight excluding hydrogens is 195 g/mol. The summed E-state index contributed by atoms with van der Waals surface area (Å²) in [4.78, 5) is 10.8. The maximum atomic E-state index is 13.2. The van der Waals surface area contributed by atoms with Gasteiger partial charge >= 0.3 is 0 Å². The monoisotopic (exact) mass is 203 g/mol. The first kappa shape index (κ1) is 10.6. The van der Waals surface area contributed by atoms with Gasteiger partial charge in [0, 0.05) is 5.56 Å². The van der Waals surface area contributed by atoms with Gasteiger partial charge in [0.2, 0.25) is 0 Å². The summed E-state index contributed by atoms with van der Waals surface area (Å²) in [6, 6.07) is 0. The standard InChI is InChI=1S/C9H8F3NO/c1-3-6(10)5(4(2)14)7(11)8(12)9(3)13/h13H2,1-2H3. The summed E-state index contributed by atoms with van der Waals surface area (Å²) >= 11 is 0. The Balaban J connectivity index is 3.68. The zero-order valence-corrected chi connectivity index (χ0v) is 7.62. The Morgan fingerprint density at radius 3 is 2.07 bits per heavy atom. The molecular formula is C9H8F3NO. The second-order valence-electron chi connectivity index (χ2n) is 2.91. The summed E-state index contributed by atoms with van der Waals surface area (Å²) < 4.78 is 39.3. The van der Waals surface area contributed by atoms with Crippen LogP contribution in [0.5, 0.6) is 0 Å². The predicted octanol–water partition coefficient (Wildman–Crippen LogP) is 2.20. The van der Waals surface area contributed by atoms with Crippen molar-refractivity contribution >= 4 is 11.5 Å². The van der Waals surface area contributed by atoms with E-state index in [-0.39, 0.29) is 5.56 Å². The van der Waals surface area contributed by atoms with Gasteiger partial charge in [0.1, 0.15) is 5.82 Å². The minimum atomic E-state index is -1.53. The van der Waals surface area contributed by atoms with E-state index in [9.17, 15) is 18.0 Å². The Bertz CT molecular complexity index is 386. The zero-order chi connectivity index (χ0) is 11.0. The molecule has 1 aromatic carbocycles. The number of hydrogen-bond acceptors (Lipinski definition) is 2. The van der Waals surface area contributed by atoms with E-state index in [1.807, 2.05) is 0 Å². The number of benzene rings is 1. The van der Waals surface area contributed by atoms with Gasteiger partial charge in [-0.3, -0.25) is 4.79 Å². The van der Waals surface area contributed by atoms with Gasteiger partial charge in [0.05, 0.1) is 11.3 Å². The zero-order valence-electron chi connectivity index (χ0n) is 7.62. The number of ketones is 1. The van der Waals surface area contributed by atoms with Crippen molar-refractivity contribution in [2.24, 2.45) is 0 Å². The molecule has 0 aliphatic carbocycles. The molecule has 0 amide bonds.